The molecule has 1 saturated heterocycles. The van der Waals surface area contributed by atoms with Gasteiger partial charge in [0.2, 0.25) is 0 Å². The van der Waals surface area contributed by atoms with Crippen LogP contribution in [0.1, 0.15) is 19.4 Å². The van der Waals surface area contributed by atoms with Crippen LogP contribution in [-0.4, -0.2) is 32.3 Å². The molecule has 3 nitrogen and oxygen atoms in total. The Labute approximate surface area is 108 Å². The summed E-state index contributed by atoms with van der Waals surface area (Å²) in [5, 5.41) is 3.03. The molecule has 18 heavy (non-hydrogen) atoms. The first kappa shape index (κ1) is 13.3. The van der Waals surface area contributed by atoms with Crippen molar-refractivity contribution in [2.45, 2.75) is 25.9 Å². The predicted octanol–water partition coefficient (Wildman–Crippen LogP) is 2.16. The summed E-state index contributed by atoms with van der Waals surface area (Å²) in [7, 11) is 1.86. The highest BCUT2D eigenvalue weighted by atomic mass is 19.1. The molecule has 1 heterocycles. The maximum absolute atomic E-state index is 14.2. The van der Waals surface area contributed by atoms with E-state index >= 15 is 0 Å². The van der Waals surface area contributed by atoms with Crippen molar-refractivity contribution in [1.29, 1.82) is 0 Å². The molecule has 0 aliphatic carbocycles. The Hall–Kier alpha value is -1.13. The molecule has 0 bridgehead atoms. The van der Waals surface area contributed by atoms with Gasteiger partial charge in [-0.2, -0.15) is 0 Å². The zero-order chi connectivity index (χ0) is 13.2. The van der Waals surface area contributed by atoms with Crippen molar-refractivity contribution >= 4 is 5.69 Å². The van der Waals surface area contributed by atoms with Crippen molar-refractivity contribution in [2.24, 2.45) is 0 Å². The third-order valence-electron chi connectivity index (χ3n) is 3.33. The normalized spacial score (nSPS) is 19.0. The molecule has 0 aromatic heterocycles. The lowest BCUT2D eigenvalue weighted by molar-refractivity contribution is 0.0640. The van der Waals surface area contributed by atoms with Crippen molar-refractivity contribution in [2.75, 3.05) is 31.7 Å². The molecule has 2 rings (SSSR count). The van der Waals surface area contributed by atoms with Gasteiger partial charge in [0.25, 0.3) is 0 Å². The van der Waals surface area contributed by atoms with Crippen molar-refractivity contribution in [3.05, 3.63) is 29.6 Å². The van der Waals surface area contributed by atoms with Gasteiger partial charge in [0.15, 0.2) is 0 Å². The van der Waals surface area contributed by atoms with Gasteiger partial charge < -0.3 is 15.0 Å². The molecule has 1 aromatic carbocycles. The van der Waals surface area contributed by atoms with E-state index in [0.29, 0.717) is 25.4 Å². The van der Waals surface area contributed by atoms with Gasteiger partial charge in [-0.3, -0.25) is 0 Å². The number of nitrogens with one attached hydrogen (secondary N) is 1. The number of anilines is 1. The summed E-state index contributed by atoms with van der Waals surface area (Å²) in [6.45, 7) is 6.85. The molecular weight excluding hydrogens is 231 g/mol. The number of halogens is 1. The molecule has 0 atom stereocenters. The highest BCUT2D eigenvalue weighted by Crippen LogP contribution is 2.29. The van der Waals surface area contributed by atoms with Crippen LogP contribution in [0.2, 0.25) is 0 Å². The van der Waals surface area contributed by atoms with E-state index in [9.17, 15) is 4.39 Å². The molecule has 0 saturated carbocycles. The number of ether oxygens (including phenoxy) is 1. The van der Waals surface area contributed by atoms with Crippen LogP contribution in [0.3, 0.4) is 0 Å². The minimum absolute atomic E-state index is 0.155. The third-order valence-corrected chi connectivity index (χ3v) is 3.33. The van der Waals surface area contributed by atoms with Gasteiger partial charge >= 0.3 is 0 Å². The Kier molecular flexibility index (Phi) is 3.88. The maximum Gasteiger partial charge on any atom is 0.146 e. The van der Waals surface area contributed by atoms with Gasteiger partial charge in [0.1, 0.15) is 5.82 Å². The van der Waals surface area contributed by atoms with Gasteiger partial charge in [-0.05, 0) is 38.6 Å². The van der Waals surface area contributed by atoms with E-state index < -0.39 is 0 Å². The number of rotatable bonds is 3. The summed E-state index contributed by atoms with van der Waals surface area (Å²) >= 11 is 0. The molecule has 100 valence electrons. The molecule has 1 N–H and O–H groups in total. The van der Waals surface area contributed by atoms with Gasteiger partial charge in [-0.15, -0.1) is 0 Å². The van der Waals surface area contributed by atoms with Gasteiger partial charge in [-0.1, -0.05) is 6.07 Å². The molecule has 4 heteroatoms. The van der Waals surface area contributed by atoms with E-state index in [0.717, 1.165) is 12.1 Å². The molecule has 1 fully saturated rings. The first-order chi connectivity index (χ1) is 8.54. The smallest absolute Gasteiger partial charge is 0.146 e. The van der Waals surface area contributed by atoms with E-state index in [-0.39, 0.29) is 11.4 Å². The van der Waals surface area contributed by atoms with Crippen LogP contribution in [-0.2, 0) is 11.3 Å². The minimum atomic E-state index is -0.163. The lowest BCUT2D eigenvalue weighted by atomic mass is 10.0. The van der Waals surface area contributed by atoms with Gasteiger partial charge in [0.05, 0.1) is 24.4 Å². The molecular formula is C14H21FN2O. The fourth-order valence-corrected chi connectivity index (χ4v) is 2.39. The van der Waals surface area contributed by atoms with Crippen LogP contribution in [0.15, 0.2) is 18.2 Å². The maximum atomic E-state index is 14.2. The van der Waals surface area contributed by atoms with Crippen molar-refractivity contribution in [3.8, 4) is 0 Å². The fourth-order valence-electron chi connectivity index (χ4n) is 2.39. The summed E-state index contributed by atoms with van der Waals surface area (Å²) in [6.07, 6.45) is 0. The number of morpholine rings is 1. The average Bonchev–Trinajstić information content (AvgIpc) is 2.30. The number of hydrogen-bond acceptors (Lipinski definition) is 3. The van der Waals surface area contributed by atoms with Crippen LogP contribution in [0.25, 0.3) is 0 Å². The lowest BCUT2D eigenvalue weighted by Crippen LogP contribution is -2.53. The Morgan fingerprint density at radius 1 is 1.44 bits per heavy atom. The molecule has 1 aromatic rings. The van der Waals surface area contributed by atoms with Crippen molar-refractivity contribution in [1.82, 2.24) is 5.32 Å². The largest absolute Gasteiger partial charge is 0.377 e. The predicted molar refractivity (Wildman–Crippen MR) is 71.4 cm³/mol. The highest BCUT2D eigenvalue weighted by Gasteiger charge is 2.32. The summed E-state index contributed by atoms with van der Waals surface area (Å²) in [6, 6.07) is 5.45. The molecule has 0 unspecified atom stereocenters. The summed E-state index contributed by atoms with van der Waals surface area (Å²) in [5.74, 6) is -0.155. The fraction of sp³-hybridized carbons (Fsp3) is 0.571. The second kappa shape index (κ2) is 5.24. The molecule has 0 amide bonds. The van der Waals surface area contributed by atoms with E-state index in [1.54, 1.807) is 6.07 Å². The number of nitrogens with zero attached hydrogens (tertiary/aromatic N) is 1. The monoisotopic (exact) mass is 252 g/mol. The second-order valence-corrected chi connectivity index (χ2v) is 5.33. The zero-order valence-corrected chi connectivity index (χ0v) is 11.3. The van der Waals surface area contributed by atoms with Gasteiger partial charge in [0, 0.05) is 13.1 Å². The molecule has 0 spiro atoms. The van der Waals surface area contributed by atoms with Gasteiger partial charge in [-0.25, -0.2) is 4.39 Å². The van der Waals surface area contributed by atoms with E-state index in [4.69, 9.17) is 4.74 Å². The molecule has 1 aliphatic rings. The Morgan fingerprint density at radius 2 is 2.22 bits per heavy atom. The number of benzene rings is 1. The summed E-state index contributed by atoms with van der Waals surface area (Å²) in [5.41, 5.74) is 1.47. The Bertz CT molecular complexity index is 420. The lowest BCUT2D eigenvalue weighted by Gasteiger charge is -2.43. The standard InChI is InChI=1S/C14H21FN2O/c1-14(2)10-18-7-6-17(14)13-5-4-11(9-16-3)8-12(13)15/h4-5,8,16H,6-7,9-10H2,1-3H3. The Morgan fingerprint density at radius 3 is 2.83 bits per heavy atom. The third kappa shape index (κ3) is 2.65. The quantitative estimate of drug-likeness (QED) is 0.892. The van der Waals surface area contributed by atoms with Crippen molar-refractivity contribution in [3.63, 3.8) is 0 Å². The topological polar surface area (TPSA) is 24.5 Å². The molecule has 0 radical (unpaired) electrons. The zero-order valence-electron chi connectivity index (χ0n) is 11.3. The van der Waals surface area contributed by atoms with E-state index in [1.807, 2.05) is 19.2 Å². The van der Waals surface area contributed by atoms with Crippen LogP contribution in [0, 0.1) is 5.82 Å². The summed E-state index contributed by atoms with van der Waals surface area (Å²) in [4.78, 5) is 2.09. The SMILES string of the molecule is CNCc1ccc(N2CCOCC2(C)C)c(F)c1. The highest BCUT2D eigenvalue weighted by molar-refractivity contribution is 5.51. The molecule has 1 aliphatic heterocycles. The van der Waals surface area contributed by atoms with E-state index in [2.05, 4.69) is 24.1 Å². The Balaban J connectivity index is 2.27. The first-order valence-corrected chi connectivity index (χ1v) is 6.33. The van der Waals surface area contributed by atoms with Crippen LogP contribution in [0.4, 0.5) is 10.1 Å². The van der Waals surface area contributed by atoms with Crippen molar-refractivity contribution < 1.29 is 9.13 Å². The first-order valence-electron chi connectivity index (χ1n) is 6.33. The minimum Gasteiger partial charge on any atom is -0.377 e. The van der Waals surface area contributed by atoms with Crippen LogP contribution in [0.5, 0.6) is 0 Å². The summed E-state index contributed by atoms with van der Waals surface area (Å²) < 4.78 is 19.7. The van der Waals surface area contributed by atoms with Crippen LogP contribution >= 0.6 is 0 Å². The number of hydrogen-bond donors (Lipinski definition) is 1. The average molecular weight is 252 g/mol. The van der Waals surface area contributed by atoms with Crippen LogP contribution < -0.4 is 10.2 Å². The van der Waals surface area contributed by atoms with E-state index in [1.165, 1.54) is 0 Å². The second-order valence-electron chi connectivity index (χ2n) is 5.33.